The summed E-state index contributed by atoms with van der Waals surface area (Å²) < 4.78 is 10.6. The third kappa shape index (κ3) is 20.7. The Bertz CT molecular complexity index is 1610. The molecule has 0 saturated carbocycles. The van der Waals surface area contributed by atoms with Gasteiger partial charge in [-0.2, -0.15) is 0 Å². The van der Waals surface area contributed by atoms with E-state index in [1.165, 1.54) is 43.5 Å². The Hall–Kier alpha value is -3.50. The SMILES string of the molecule is CC(C)(C)OC(=O)N1CCC(=O)CC1.CC(C)(C)OC(=O)N1CCC(Cc2ccc(Cl)cc2)CC1.Clc1ccc(CC2CCNCC2)cc1.Nc1ccc(Cl)cc1. The van der Waals surface area contributed by atoms with Gasteiger partial charge in [0.2, 0.25) is 0 Å². The van der Waals surface area contributed by atoms with Crippen molar-refractivity contribution in [2.24, 2.45) is 11.8 Å². The zero-order valence-corrected chi connectivity index (χ0v) is 36.9. The van der Waals surface area contributed by atoms with Crippen LogP contribution in [0.25, 0.3) is 0 Å². The molecule has 0 spiro atoms. The number of ether oxygens (including phenoxy) is 2. The molecule has 3 aromatic carbocycles. The second-order valence-electron chi connectivity index (χ2n) is 16.8. The lowest BCUT2D eigenvalue weighted by atomic mass is 9.90. The van der Waals surface area contributed by atoms with Crippen LogP contribution in [0, 0.1) is 11.8 Å². The molecule has 6 rings (SSSR count). The summed E-state index contributed by atoms with van der Waals surface area (Å²) in [7, 11) is 0. The molecule has 0 aromatic heterocycles. The van der Waals surface area contributed by atoms with Crippen LogP contribution in [-0.4, -0.2) is 78.2 Å². The smallest absolute Gasteiger partial charge is 0.410 e. The van der Waals surface area contributed by atoms with Gasteiger partial charge in [-0.05, 0) is 165 Å². The second-order valence-corrected chi connectivity index (χ2v) is 18.1. The Morgan fingerprint density at radius 3 is 1.33 bits per heavy atom. The zero-order chi connectivity index (χ0) is 42.0. The maximum atomic E-state index is 12.0. The minimum Gasteiger partial charge on any atom is -0.444 e. The third-order valence-corrected chi connectivity index (χ3v) is 10.2. The van der Waals surface area contributed by atoms with E-state index in [1.807, 2.05) is 70.7 Å². The van der Waals surface area contributed by atoms with Crippen molar-refractivity contribution in [3.05, 3.63) is 99.0 Å². The number of ketones is 1. The monoisotopic (exact) mass is 844 g/mol. The van der Waals surface area contributed by atoms with Crippen LogP contribution in [0.3, 0.4) is 0 Å². The van der Waals surface area contributed by atoms with Crippen LogP contribution in [0.5, 0.6) is 0 Å². The van der Waals surface area contributed by atoms with Gasteiger partial charge in [0.15, 0.2) is 0 Å². The topological polar surface area (TPSA) is 114 Å². The Morgan fingerprint density at radius 2 is 0.965 bits per heavy atom. The molecular formula is C45H63Cl3N4O5. The molecule has 0 unspecified atom stereocenters. The van der Waals surface area contributed by atoms with E-state index in [0.717, 1.165) is 59.0 Å². The summed E-state index contributed by atoms with van der Waals surface area (Å²) in [5, 5.41) is 5.72. The number of nitrogens with zero attached hydrogens (tertiary/aromatic N) is 2. The molecule has 0 radical (unpaired) electrons. The molecule has 57 heavy (non-hydrogen) atoms. The Balaban J connectivity index is 0.000000214. The lowest BCUT2D eigenvalue weighted by Crippen LogP contribution is -2.42. The van der Waals surface area contributed by atoms with Crippen molar-refractivity contribution in [3.63, 3.8) is 0 Å². The van der Waals surface area contributed by atoms with E-state index >= 15 is 0 Å². The highest BCUT2D eigenvalue weighted by atomic mass is 35.5. The number of benzene rings is 3. The van der Waals surface area contributed by atoms with Gasteiger partial charge in [-0.25, -0.2) is 9.59 Å². The molecule has 3 aliphatic rings. The number of amides is 2. The first kappa shape index (κ1) is 47.9. The van der Waals surface area contributed by atoms with Crippen molar-refractivity contribution in [2.75, 3.05) is 45.0 Å². The highest BCUT2D eigenvalue weighted by Gasteiger charge is 2.27. The number of Topliss-reactive ketones (excluding diaryl/α,β-unsaturated/α-hetero) is 1. The lowest BCUT2D eigenvalue weighted by Gasteiger charge is -2.33. The van der Waals surface area contributed by atoms with Crippen molar-refractivity contribution < 1.29 is 23.9 Å². The predicted molar refractivity (Wildman–Crippen MR) is 234 cm³/mol. The van der Waals surface area contributed by atoms with Crippen molar-refractivity contribution >= 4 is 58.5 Å². The number of piperidine rings is 3. The minimum absolute atomic E-state index is 0.188. The number of carbonyl (C=O) groups is 3. The number of nitrogens with one attached hydrogen (secondary N) is 1. The number of carbonyl (C=O) groups excluding carboxylic acids is 3. The fourth-order valence-corrected chi connectivity index (χ4v) is 6.75. The van der Waals surface area contributed by atoms with Crippen LogP contribution in [-0.2, 0) is 27.1 Å². The molecule has 12 heteroatoms. The van der Waals surface area contributed by atoms with Crippen molar-refractivity contribution in [3.8, 4) is 0 Å². The molecule has 3 aromatic rings. The highest BCUT2D eigenvalue weighted by molar-refractivity contribution is 6.31. The maximum Gasteiger partial charge on any atom is 0.410 e. The van der Waals surface area contributed by atoms with Gasteiger partial charge in [-0.1, -0.05) is 59.1 Å². The molecule has 3 aliphatic heterocycles. The van der Waals surface area contributed by atoms with Crippen LogP contribution < -0.4 is 11.1 Å². The quantitative estimate of drug-likeness (QED) is 0.251. The number of halogens is 3. The fourth-order valence-electron chi connectivity index (χ4n) is 6.37. The number of nitrogens with two attached hydrogens (primary N) is 1. The number of anilines is 1. The first-order chi connectivity index (χ1) is 26.8. The fraction of sp³-hybridized carbons (Fsp3) is 0.533. The predicted octanol–water partition coefficient (Wildman–Crippen LogP) is 10.9. The van der Waals surface area contributed by atoms with Crippen molar-refractivity contribution in [1.82, 2.24) is 15.1 Å². The van der Waals surface area contributed by atoms with Crippen LogP contribution in [0.1, 0.15) is 91.2 Å². The van der Waals surface area contributed by atoms with E-state index in [-0.39, 0.29) is 18.0 Å². The molecule has 3 saturated heterocycles. The Kier molecular flexibility index (Phi) is 20.0. The van der Waals surface area contributed by atoms with Crippen molar-refractivity contribution in [2.45, 2.75) is 104 Å². The highest BCUT2D eigenvalue weighted by Crippen LogP contribution is 2.24. The average Bonchev–Trinajstić information content (AvgIpc) is 3.15. The van der Waals surface area contributed by atoms with Gasteiger partial charge in [0, 0.05) is 59.8 Å². The van der Waals surface area contributed by atoms with Gasteiger partial charge in [-0.3, -0.25) is 4.79 Å². The van der Waals surface area contributed by atoms with E-state index in [1.54, 1.807) is 29.2 Å². The average molecular weight is 846 g/mol. The summed E-state index contributed by atoms with van der Waals surface area (Å²) in [6, 6.07) is 23.4. The number of hydrogen-bond acceptors (Lipinski definition) is 7. The summed E-state index contributed by atoms with van der Waals surface area (Å²) in [6.45, 7) is 16.1. The van der Waals surface area contributed by atoms with E-state index in [0.29, 0.717) is 31.8 Å². The maximum absolute atomic E-state index is 12.0. The van der Waals surface area contributed by atoms with Gasteiger partial charge in [0.05, 0.1) is 0 Å². The zero-order valence-electron chi connectivity index (χ0n) is 34.6. The summed E-state index contributed by atoms with van der Waals surface area (Å²) in [5.74, 6) is 1.71. The van der Waals surface area contributed by atoms with E-state index in [2.05, 4.69) is 29.6 Å². The molecule has 3 fully saturated rings. The molecule has 3 heterocycles. The molecular weight excluding hydrogens is 783 g/mol. The van der Waals surface area contributed by atoms with E-state index in [4.69, 9.17) is 50.0 Å². The summed E-state index contributed by atoms with van der Waals surface area (Å²) >= 11 is 17.3. The van der Waals surface area contributed by atoms with Gasteiger partial charge in [0.25, 0.3) is 0 Å². The summed E-state index contributed by atoms with van der Waals surface area (Å²) in [5.41, 5.74) is 7.97. The molecule has 9 nitrogen and oxygen atoms in total. The third-order valence-electron chi connectivity index (χ3n) is 9.44. The van der Waals surface area contributed by atoms with Gasteiger partial charge in [-0.15, -0.1) is 0 Å². The van der Waals surface area contributed by atoms with Gasteiger partial charge >= 0.3 is 12.2 Å². The number of rotatable bonds is 4. The van der Waals surface area contributed by atoms with E-state index in [9.17, 15) is 14.4 Å². The van der Waals surface area contributed by atoms with Crippen molar-refractivity contribution in [1.29, 1.82) is 0 Å². The van der Waals surface area contributed by atoms with Crippen LogP contribution in [0.4, 0.5) is 15.3 Å². The number of hydrogen-bond donors (Lipinski definition) is 2. The van der Waals surface area contributed by atoms with Crippen LogP contribution >= 0.6 is 34.8 Å². The summed E-state index contributed by atoms with van der Waals surface area (Å²) in [4.78, 5) is 37.9. The molecule has 0 atom stereocenters. The summed E-state index contributed by atoms with van der Waals surface area (Å²) in [6.07, 6.45) is 7.35. The number of nitrogen functional groups attached to an aromatic ring is 1. The largest absolute Gasteiger partial charge is 0.444 e. The van der Waals surface area contributed by atoms with Crippen LogP contribution in [0.15, 0.2) is 72.8 Å². The molecule has 0 aliphatic carbocycles. The second kappa shape index (κ2) is 23.8. The number of likely N-dealkylation sites (tertiary alicyclic amines) is 2. The first-order valence-corrected chi connectivity index (χ1v) is 21.2. The molecule has 314 valence electrons. The molecule has 3 N–H and O–H groups in total. The molecule has 0 bridgehead atoms. The Labute approximate surface area is 355 Å². The van der Waals surface area contributed by atoms with E-state index < -0.39 is 11.2 Å². The van der Waals surface area contributed by atoms with Crippen LogP contribution in [0.2, 0.25) is 15.1 Å². The molecule has 2 amide bonds. The Morgan fingerprint density at radius 1 is 0.614 bits per heavy atom. The van der Waals surface area contributed by atoms with Gasteiger partial charge < -0.3 is 30.3 Å². The first-order valence-electron chi connectivity index (χ1n) is 20.0. The van der Waals surface area contributed by atoms with Gasteiger partial charge in [0.1, 0.15) is 17.0 Å². The standard InChI is InChI=1S/C17H24ClNO2.C12H16ClN.C10H17NO3.C6H6ClN/c1-17(2,3)21-16(20)19-10-8-14(9-11-19)12-13-4-6-15(18)7-5-13;13-12-3-1-10(2-4-12)9-11-5-7-14-8-6-11;1-10(2,3)14-9(13)11-6-4-8(12)5-7-11;7-5-1-3-6(8)4-2-5/h4-7,14H,8-12H2,1-3H3;1-4,11,14H,5-9H2;4-7H2,1-3H3;1-4H,8H2. The lowest BCUT2D eigenvalue weighted by molar-refractivity contribution is -0.121. The minimum atomic E-state index is -0.460. The normalized spacial score (nSPS) is 16.5.